The molecular weight excluding hydrogens is 340 g/mol. The predicted molar refractivity (Wildman–Crippen MR) is 112 cm³/mol. The number of hydrogen-bond donors (Lipinski definition) is 0. The van der Waals surface area contributed by atoms with Crippen LogP contribution < -0.4 is 0 Å². The average molecular weight is 385 g/mol. The van der Waals surface area contributed by atoms with Gasteiger partial charge in [-0.3, -0.25) is 9.59 Å². The van der Waals surface area contributed by atoms with Crippen molar-refractivity contribution in [1.29, 1.82) is 0 Å². The Morgan fingerprint density at radius 2 is 0.593 bits per heavy atom. The van der Waals surface area contributed by atoms with Crippen LogP contribution in [0.3, 0.4) is 0 Å². The van der Waals surface area contributed by atoms with Crippen LogP contribution in [0, 0.1) is 0 Å². The smallest absolute Gasteiger partial charge is 0.305 e. The van der Waals surface area contributed by atoms with Crippen molar-refractivity contribution in [2.24, 2.45) is 0 Å². The molecule has 4 heteroatoms. The van der Waals surface area contributed by atoms with Gasteiger partial charge in [0.1, 0.15) is 0 Å². The Balaban J connectivity index is 3.05. The lowest BCUT2D eigenvalue weighted by molar-refractivity contribution is -0.141. The number of esters is 2. The van der Waals surface area contributed by atoms with Crippen molar-refractivity contribution in [2.45, 2.75) is 122 Å². The molecule has 0 aromatic carbocycles. The Morgan fingerprint density at radius 1 is 0.407 bits per heavy atom. The van der Waals surface area contributed by atoms with Gasteiger partial charge in [0.15, 0.2) is 0 Å². The Morgan fingerprint density at radius 3 is 0.778 bits per heavy atom. The van der Waals surface area contributed by atoms with Gasteiger partial charge in [0.2, 0.25) is 0 Å². The molecule has 0 rings (SSSR count). The number of ether oxygens (including phenoxy) is 2. The van der Waals surface area contributed by atoms with Gasteiger partial charge in [0.05, 0.1) is 14.2 Å². The predicted octanol–water partition coefficient (Wildman–Crippen LogP) is 6.74. The Bertz CT molecular complexity index is 309. The summed E-state index contributed by atoms with van der Waals surface area (Å²) in [6.07, 6.45) is 22.8. The highest BCUT2D eigenvalue weighted by molar-refractivity contribution is 5.69. The largest absolute Gasteiger partial charge is 0.469 e. The molecule has 0 aliphatic carbocycles. The van der Waals surface area contributed by atoms with Crippen molar-refractivity contribution in [3.05, 3.63) is 0 Å². The lowest BCUT2D eigenvalue weighted by Gasteiger charge is -2.04. The van der Waals surface area contributed by atoms with Crippen molar-refractivity contribution < 1.29 is 19.1 Å². The van der Waals surface area contributed by atoms with E-state index in [1.54, 1.807) is 0 Å². The first-order chi connectivity index (χ1) is 13.2. The van der Waals surface area contributed by atoms with E-state index in [-0.39, 0.29) is 11.9 Å². The van der Waals surface area contributed by atoms with Crippen LogP contribution in [0.1, 0.15) is 122 Å². The zero-order chi connectivity index (χ0) is 20.0. The fourth-order valence-electron chi connectivity index (χ4n) is 3.39. The van der Waals surface area contributed by atoms with Crippen molar-refractivity contribution in [3.63, 3.8) is 0 Å². The van der Waals surface area contributed by atoms with Crippen LogP contribution in [0.25, 0.3) is 0 Å². The van der Waals surface area contributed by atoms with E-state index in [1.165, 1.54) is 97.7 Å². The van der Waals surface area contributed by atoms with Crippen LogP contribution >= 0.6 is 0 Å². The molecule has 0 fully saturated rings. The van der Waals surface area contributed by atoms with E-state index in [0.717, 1.165) is 25.7 Å². The maximum Gasteiger partial charge on any atom is 0.305 e. The highest BCUT2D eigenvalue weighted by atomic mass is 16.5. The summed E-state index contributed by atoms with van der Waals surface area (Å²) in [6.45, 7) is 0. The van der Waals surface area contributed by atoms with Gasteiger partial charge in [-0.15, -0.1) is 0 Å². The minimum atomic E-state index is -0.0781. The second-order valence-electron chi connectivity index (χ2n) is 7.66. The van der Waals surface area contributed by atoms with Gasteiger partial charge in [0, 0.05) is 12.8 Å². The topological polar surface area (TPSA) is 52.6 Å². The number of carbonyl (C=O) groups is 2. The fraction of sp³-hybridized carbons (Fsp3) is 0.913. The summed E-state index contributed by atoms with van der Waals surface area (Å²) < 4.78 is 9.28. The van der Waals surface area contributed by atoms with Crippen LogP contribution in [-0.4, -0.2) is 26.2 Å². The number of hydrogen-bond acceptors (Lipinski definition) is 4. The second-order valence-corrected chi connectivity index (χ2v) is 7.66. The zero-order valence-corrected chi connectivity index (χ0v) is 18.1. The van der Waals surface area contributed by atoms with Crippen LogP contribution in [0.5, 0.6) is 0 Å². The first-order valence-corrected chi connectivity index (χ1v) is 11.3. The maximum absolute atomic E-state index is 11.0. The minimum Gasteiger partial charge on any atom is -0.469 e. The number of rotatable bonds is 20. The van der Waals surface area contributed by atoms with E-state index in [1.807, 2.05) is 0 Å². The van der Waals surface area contributed by atoms with Crippen molar-refractivity contribution in [3.8, 4) is 0 Å². The normalized spacial score (nSPS) is 10.7. The molecule has 0 bridgehead atoms. The molecule has 4 nitrogen and oxygen atoms in total. The summed E-state index contributed by atoms with van der Waals surface area (Å²) in [7, 11) is 2.92. The standard InChI is InChI=1S/C23H44O4/c1-26-22(24)20-18-16-14-12-10-8-6-4-3-5-7-9-11-13-15-17-19-21-23(25)27-2/h3-21H2,1-2H3. The van der Waals surface area contributed by atoms with Gasteiger partial charge in [0.25, 0.3) is 0 Å². The van der Waals surface area contributed by atoms with E-state index in [2.05, 4.69) is 9.47 Å². The Labute approximate surface area is 167 Å². The molecule has 0 aliphatic rings. The van der Waals surface area contributed by atoms with Gasteiger partial charge in [-0.1, -0.05) is 96.3 Å². The highest BCUT2D eigenvalue weighted by Gasteiger charge is 2.00. The minimum absolute atomic E-state index is 0.0781. The van der Waals surface area contributed by atoms with Gasteiger partial charge >= 0.3 is 11.9 Å². The zero-order valence-electron chi connectivity index (χ0n) is 18.1. The molecule has 0 spiro atoms. The molecule has 0 amide bonds. The molecule has 0 aliphatic heterocycles. The molecule has 0 aromatic rings. The number of unbranched alkanes of at least 4 members (excludes halogenated alkanes) is 16. The third-order valence-corrected chi connectivity index (χ3v) is 5.22. The van der Waals surface area contributed by atoms with E-state index < -0.39 is 0 Å². The molecule has 0 saturated heterocycles. The molecule has 0 aromatic heterocycles. The molecule has 0 unspecified atom stereocenters. The maximum atomic E-state index is 11.0. The first kappa shape index (κ1) is 25.9. The summed E-state index contributed by atoms with van der Waals surface area (Å²) in [5.41, 5.74) is 0. The van der Waals surface area contributed by atoms with E-state index in [0.29, 0.717) is 12.8 Å². The van der Waals surface area contributed by atoms with Gasteiger partial charge in [-0.2, -0.15) is 0 Å². The Hall–Kier alpha value is -1.06. The fourth-order valence-corrected chi connectivity index (χ4v) is 3.39. The van der Waals surface area contributed by atoms with E-state index in [4.69, 9.17) is 0 Å². The van der Waals surface area contributed by atoms with Gasteiger partial charge in [-0.05, 0) is 12.8 Å². The van der Waals surface area contributed by atoms with Gasteiger partial charge < -0.3 is 9.47 Å². The highest BCUT2D eigenvalue weighted by Crippen LogP contribution is 2.14. The lowest BCUT2D eigenvalue weighted by Crippen LogP contribution is -1.99. The van der Waals surface area contributed by atoms with Crippen LogP contribution in [0.2, 0.25) is 0 Å². The molecule has 0 heterocycles. The molecule has 27 heavy (non-hydrogen) atoms. The SMILES string of the molecule is COC(=O)CCCCCCCCCCCCCCCCCCCC(=O)OC. The summed E-state index contributed by atoms with van der Waals surface area (Å²) in [5.74, 6) is -0.156. The molecule has 0 atom stereocenters. The number of carbonyl (C=O) groups excluding carboxylic acids is 2. The monoisotopic (exact) mass is 384 g/mol. The third kappa shape index (κ3) is 21.1. The van der Waals surface area contributed by atoms with Crippen molar-refractivity contribution in [1.82, 2.24) is 0 Å². The molecule has 0 saturated carbocycles. The van der Waals surface area contributed by atoms with E-state index in [9.17, 15) is 9.59 Å². The van der Waals surface area contributed by atoms with Crippen molar-refractivity contribution >= 4 is 11.9 Å². The lowest BCUT2D eigenvalue weighted by atomic mass is 10.0. The molecule has 0 N–H and O–H groups in total. The molecule has 0 radical (unpaired) electrons. The second kappa shape index (κ2) is 21.2. The summed E-state index contributed by atoms with van der Waals surface area (Å²) in [5, 5.41) is 0. The summed E-state index contributed by atoms with van der Waals surface area (Å²) in [4.78, 5) is 22.0. The summed E-state index contributed by atoms with van der Waals surface area (Å²) >= 11 is 0. The summed E-state index contributed by atoms with van der Waals surface area (Å²) in [6, 6.07) is 0. The average Bonchev–Trinajstić information content (AvgIpc) is 2.69. The molecular formula is C23H44O4. The van der Waals surface area contributed by atoms with Crippen LogP contribution in [0.15, 0.2) is 0 Å². The van der Waals surface area contributed by atoms with Crippen LogP contribution in [0.4, 0.5) is 0 Å². The number of methoxy groups -OCH3 is 2. The van der Waals surface area contributed by atoms with Crippen LogP contribution in [-0.2, 0) is 19.1 Å². The quantitative estimate of drug-likeness (QED) is 0.172. The van der Waals surface area contributed by atoms with Crippen molar-refractivity contribution in [2.75, 3.05) is 14.2 Å². The first-order valence-electron chi connectivity index (χ1n) is 11.3. The third-order valence-electron chi connectivity index (χ3n) is 5.22. The van der Waals surface area contributed by atoms with Gasteiger partial charge in [-0.25, -0.2) is 0 Å². The Kier molecular flexibility index (Phi) is 20.4. The van der Waals surface area contributed by atoms with E-state index >= 15 is 0 Å². The molecule has 160 valence electrons.